The van der Waals surface area contributed by atoms with E-state index in [1.165, 1.54) is 59.1 Å². The molecule has 0 aliphatic carbocycles. The van der Waals surface area contributed by atoms with E-state index in [1.54, 1.807) is 0 Å². The SMILES string of the molecule is Cc1ccccc1C(c1c[nH]c2cccc(C)c12)N1CCCC1. The molecule has 1 N–H and O–H groups in total. The first-order valence-corrected chi connectivity index (χ1v) is 8.62. The molecular formula is C21H24N2. The first kappa shape index (κ1) is 14.5. The molecule has 23 heavy (non-hydrogen) atoms. The van der Waals surface area contributed by atoms with Crippen LogP contribution < -0.4 is 0 Å². The quantitative estimate of drug-likeness (QED) is 0.724. The van der Waals surface area contributed by atoms with Crippen molar-refractivity contribution in [1.29, 1.82) is 0 Å². The summed E-state index contributed by atoms with van der Waals surface area (Å²) in [4.78, 5) is 6.15. The minimum atomic E-state index is 0.355. The van der Waals surface area contributed by atoms with Crippen LogP contribution in [0.1, 0.15) is 41.1 Å². The summed E-state index contributed by atoms with van der Waals surface area (Å²) in [6.07, 6.45) is 4.85. The molecule has 118 valence electrons. The minimum Gasteiger partial charge on any atom is -0.361 e. The Bertz CT molecular complexity index is 825. The van der Waals surface area contributed by atoms with Crippen LogP contribution >= 0.6 is 0 Å². The van der Waals surface area contributed by atoms with Gasteiger partial charge in [-0.15, -0.1) is 0 Å². The molecule has 1 fully saturated rings. The Morgan fingerprint density at radius 3 is 2.39 bits per heavy atom. The predicted molar refractivity (Wildman–Crippen MR) is 96.9 cm³/mol. The second-order valence-electron chi connectivity index (χ2n) is 6.74. The van der Waals surface area contributed by atoms with Gasteiger partial charge >= 0.3 is 0 Å². The number of nitrogens with zero attached hydrogens (tertiary/aromatic N) is 1. The molecule has 1 aromatic heterocycles. The summed E-state index contributed by atoms with van der Waals surface area (Å²) >= 11 is 0. The highest BCUT2D eigenvalue weighted by molar-refractivity contribution is 5.87. The van der Waals surface area contributed by atoms with Crippen molar-refractivity contribution >= 4 is 10.9 Å². The van der Waals surface area contributed by atoms with Crippen LogP contribution in [0.25, 0.3) is 10.9 Å². The number of aryl methyl sites for hydroxylation is 2. The summed E-state index contributed by atoms with van der Waals surface area (Å²) in [6, 6.07) is 15.7. The van der Waals surface area contributed by atoms with Crippen molar-refractivity contribution in [2.24, 2.45) is 0 Å². The van der Waals surface area contributed by atoms with Crippen LogP contribution in [0.4, 0.5) is 0 Å². The zero-order valence-corrected chi connectivity index (χ0v) is 14.0. The van der Waals surface area contributed by atoms with Crippen LogP contribution in [-0.4, -0.2) is 23.0 Å². The number of hydrogen-bond donors (Lipinski definition) is 1. The van der Waals surface area contributed by atoms with Gasteiger partial charge in [0.1, 0.15) is 0 Å². The summed E-state index contributed by atoms with van der Waals surface area (Å²) in [5.41, 5.74) is 6.86. The Hall–Kier alpha value is -2.06. The third-order valence-corrected chi connectivity index (χ3v) is 5.23. The van der Waals surface area contributed by atoms with E-state index >= 15 is 0 Å². The van der Waals surface area contributed by atoms with Crippen LogP contribution in [0.15, 0.2) is 48.7 Å². The highest BCUT2D eigenvalue weighted by atomic mass is 15.2. The van der Waals surface area contributed by atoms with Crippen LogP contribution in [0.3, 0.4) is 0 Å². The molecule has 0 saturated carbocycles. The van der Waals surface area contributed by atoms with Gasteiger partial charge in [-0.2, -0.15) is 0 Å². The average molecular weight is 304 g/mol. The maximum Gasteiger partial charge on any atom is 0.0625 e. The number of likely N-dealkylation sites (tertiary alicyclic amines) is 1. The fraction of sp³-hybridized carbons (Fsp3) is 0.333. The number of benzene rings is 2. The monoisotopic (exact) mass is 304 g/mol. The topological polar surface area (TPSA) is 19.0 Å². The number of H-pyrrole nitrogens is 1. The summed E-state index contributed by atoms with van der Waals surface area (Å²) < 4.78 is 0. The molecule has 0 spiro atoms. The zero-order valence-electron chi connectivity index (χ0n) is 14.0. The molecule has 1 unspecified atom stereocenters. The predicted octanol–water partition coefficient (Wildman–Crippen LogP) is 4.97. The van der Waals surface area contributed by atoms with Gasteiger partial charge in [0.2, 0.25) is 0 Å². The molecular weight excluding hydrogens is 280 g/mol. The third-order valence-electron chi connectivity index (χ3n) is 5.23. The largest absolute Gasteiger partial charge is 0.361 e. The molecule has 2 nitrogen and oxygen atoms in total. The van der Waals surface area contributed by atoms with Crippen molar-refractivity contribution in [3.05, 3.63) is 70.9 Å². The molecule has 1 aliphatic heterocycles. The number of aromatic amines is 1. The molecule has 2 heteroatoms. The molecule has 1 aliphatic rings. The van der Waals surface area contributed by atoms with Gasteiger partial charge in [-0.1, -0.05) is 36.4 Å². The molecule has 0 amide bonds. The van der Waals surface area contributed by atoms with Gasteiger partial charge in [-0.3, -0.25) is 4.90 Å². The van der Waals surface area contributed by atoms with Crippen LogP contribution in [0.2, 0.25) is 0 Å². The smallest absolute Gasteiger partial charge is 0.0625 e. The highest BCUT2D eigenvalue weighted by Gasteiger charge is 2.28. The lowest BCUT2D eigenvalue weighted by Gasteiger charge is -2.29. The zero-order chi connectivity index (χ0) is 15.8. The first-order valence-electron chi connectivity index (χ1n) is 8.62. The Morgan fingerprint density at radius 1 is 0.870 bits per heavy atom. The Labute approximate surface area is 138 Å². The van der Waals surface area contributed by atoms with E-state index in [9.17, 15) is 0 Å². The number of hydrogen-bond acceptors (Lipinski definition) is 1. The standard InChI is InChI=1S/C21H24N2/c1-15-8-3-4-10-17(15)21(23-12-5-6-13-23)18-14-22-19-11-7-9-16(2)20(18)19/h3-4,7-11,14,21-22H,5-6,12-13H2,1-2H3. The summed E-state index contributed by atoms with van der Waals surface area (Å²) in [5, 5.41) is 1.40. The van der Waals surface area contributed by atoms with E-state index in [1.807, 2.05) is 0 Å². The fourth-order valence-electron chi connectivity index (χ4n) is 4.07. The van der Waals surface area contributed by atoms with E-state index < -0.39 is 0 Å². The molecule has 2 heterocycles. The maximum atomic E-state index is 3.50. The van der Waals surface area contributed by atoms with Gasteiger partial charge in [0.05, 0.1) is 6.04 Å². The summed E-state index contributed by atoms with van der Waals surface area (Å²) in [7, 11) is 0. The van der Waals surface area contributed by atoms with E-state index in [4.69, 9.17) is 0 Å². The fourth-order valence-corrected chi connectivity index (χ4v) is 4.07. The lowest BCUT2D eigenvalue weighted by Crippen LogP contribution is -2.27. The summed E-state index contributed by atoms with van der Waals surface area (Å²) in [6.45, 7) is 6.84. The van der Waals surface area contributed by atoms with Gasteiger partial charge in [0, 0.05) is 17.1 Å². The lowest BCUT2D eigenvalue weighted by molar-refractivity contribution is 0.282. The van der Waals surface area contributed by atoms with Crippen molar-refractivity contribution in [2.45, 2.75) is 32.7 Å². The van der Waals surface area contributed by atoms with E-state index in [0.717, 1.165) is 0 Å². The number of nitrogens with one attached hydrogen (secondary N) is 1. The van der Waals surface area contributed by atoms with Crippen LogP contribution in [0.5, 0.6) is 0 Å². The van der Waals surface area contributed by atoms with Crippen LogP contribution in [0, 0.1) is 13.8 Å². The van der Waals surface area contributed by atoms with Gasteiger partial charge in [-0.05, 0) is 68.1 Å². The highest BCUT2D eigenvalue weighted by Crippen LogP contribution is 2.37. The molecule has 4 rings (SSSR count). The number of aromatic nitrogens is 1. The number of fused-ring (bicyclic) bond motifs is 1. The maximum absolute atomic E-state index is 3.50. The van der Waals surface area contributed by atoms with Gasteiger partial charge in [-0.25, -0.2) is 0 Å². The van der Waals surface area contributed by atoms with Crippen LogP contribution in [-0.2, 0) is 0 Å². The van der Waals surface area contributed by atoms with Crippen molar-refractivity contribution in [2.75, 3.05) is 13.1 Å². The third kappa shape index (κ3) is 2.47. The average Bonchev–Trinajstić information content (AvgIpc) is 3.21. The Kier molecular flexibility index (Phi) is 3.70. The molecule has 3 aromatic rings. The molecule has 0 radical (unpaired) electrons. The molecule has 0 bridgehead atoms. The number of rotatable bonds is 3. The second-order valence-corrected chi connectivity index (χ2v) is 6.74. The van der Waals surface area contributed by atoms with Gasteiger partial charge in [0.25, 0.3) is 0 Å². The summed E-state index contributed by atoms with van der Waals surface area (Å²) in [5.74, 6) is 0. The minimum absolute atomic E-state index is 0.355. The van der Waals surface area contributed by atoms with Crippen molar-refractivity contribution in [3.63, 3.8) is 0 Å². The van der Waals surface area contributed by atoms with Gasteiger partial charge < -0.3 is 4.98 Å². The lowest BCUT2D eigenvalue weighted by atomic mass is 9.92. The van der Waals surface area contributed by atoms with E-state index in [0.29, 0.717) is 6.04 Å². The Morgan fingerprint density at radius 2 is 1.61 bits per heavy atom. The van der Waals surface area contributed by atoms with Crippen molar-refractivity contribution < 1.29 is 0 Å². The Balaban J connectivity index is 1.92. The molecule has 1 saturated heterocycles. The van der Waals surface area contributed by atoms with Gasteiger partial charge in [0.15, 0.2) is 0 Å². The second kappa shape index (κ2) is 5.86. The molecule has 1 atom stereocenters. The normalized spacial score (nSPS) is 17.0. The molecule has 2 aromatic carbocycles. The van der Waals surface area contributed by atoms with E-state index in [2.05, 4.69) is 72.4 Å². The van der Waals surface area contributed by atoms with Crippen molar-refractivity contribution in [1.82, 2.24) is 9.88 Å². The van der Waals surface area contributed by atoms with Crippen molar-refractivity contribution in [3.8, 4) is 0 Å². The van der Waals surface area contributed by atoms with E-state index in [-0.39, 0.29) is 0 Å². The first-order chi connectivity index (χ1) is 11.3.